The normalized spacial score (nSPS) is 11.1. The summed E-state index contributed by atoms with van der Waals surface area (Å²) in [4.78, 5) is 31.9. The fourth-order valence-electron chi connectivity index (χ4n) is 3.70. The van der Waals surface area contributed by atoms with Crippen LogP contribution in [0.1, 0.15) is 21.6 Å². The van der Waals surface area contributed by atoms with Gasteiger partial charge in [0.2, 0.25) is 5.91 Å². The van der Waals surface area contributed by atoms with Crippen molar-refractivity contribution in [3.05, 3.63) is 86.8 Å². The highest BCUT2D eigenvalue weighted by Gasteiger charge is 2.18. The van der Waals surface area contributed by atoms with Gasteiger partial charge in [-0.1, -0.05) is 48.5 Å². The largest absolute Gasteiger partial charge is 0.354 e. The number of hydrogen-bond acceptors (Lipinski definition) is 4. The smallest absolute Gasteiger partial charge is 0.263 e. The number of aryl methyl sites for hydroxylation is 3. The number of hydrogen-bond donors (Lipinski definition) is 1. The molecule has 0 aliphatic carbocycles. The van der Waals surface area contributed by atoms with E-state index in [-0.39, 0.29) is 18.0 Å². The topological polar surface area (TPSA) is 64.0 Å². The molecule has 158 valence electrons. The van der Waals surface area contributed by atoms with Crippen LogP contribution in [-0.2, 0) is 17.8 Å². The van der Waals surface area contributed by atoms with Gasteiger partial charge < -0.3 is 5.32 Å². The third kappa shape index (κ3) is 4.44. The fraction of sp³-hybridized carbons (Fsp3) is 0.240. The Morgan fingerprint density at radius 1 is 1.06 bits per heavy atom. The molecule has 5 nitrogen and oxygen atoms in total. The third-order valence-corrected chi connectivity index (χ3v) is 6.56. The summed E-state index contributed by atoms with van der Waals surface area (Å²) in [5.41, 5.74) is 5.30. The molecular weight excluding hydrogens is 406 g/mol. The molecule has 0 aliphatic rings. The quantitative estimate of drug-likeness (QED) is 0.492. The lowest BCUT2D eigenvalue weighted by Crippen LogP contribution is -2.33. The zero-order valence-corrected chi connectivity index (χ0v) is 18.8. The highest BCUT2D eigenvalue weighted by Crippen LogP contribution is 2.36. The van der Waals surface area contributed by atoms with Crippen LogP contribution in [0.25, 0.3) is 21.3 Å². The average Bonchev–Trinajstić information content (AvgIpc) is 3.10. The number of nitrogens with zero attached hydrogens (tertiary/aromatic N) is 2. The zero-order chi connectivity index (χ0) is 22.0. The Morgan fingerprint density at radius 2 is 1.84 bits per heavy atom. The highest BCUT2D eigenvalue weighted by atomic mass is 32.1. The molecule has 2 aromatic heterocycles. The summed E-state index contributed by atoms with van der Waals surface area (Å²) < 4.78 is 1.40. The second kappa shape index (κ2) is 8.86. The van der Waals surface area contributed by atoms with E-state index in [1.165, 1.54) is 33.4 Å². The predicted octanol–water partition coefficient (Wildman–Crippen LogP) is 4.41. The van der Waals surface area contributed by atoms with Crippen LogP contribution >= 0.6 is 11.3 Å². The number of carbonyl (C=O) groups excluding carboxylic acids is 1. The maximum absolute atomic E-state index is 13.3. The number of amides is 1. The molecule has 6 heteroatoms. The van der Waals surface area contributed by atoms with Gasteiger partial charge in [-0.05, 0) is 49.4 Å². The number of nitrogens with one attached hydrogen (secondary N) is 1. The first-order valence-electron chi connectivity index (χ1n) is 10.3. The molecule has 0 unspecified atom stereocenters. The summed E-state index contributed by atoms with van der Waals surface area (Å²) >= 11 is 1.51. The van der Waals surface area contributed by atoms with Gasteiger partial charge in [0.15, 0.2) is 0 Å². The van der Waals surface area contributed by atoms with E-state index in [2.05, 4.69) is 36.3 Å². The van der Waals surface area contributed by atoms with Crippen molar-refractivity contribution >= 4 is 27.5 Å². The first-order chi connectivity index (χ1) is 14.9. The molecule has 1 N–H and O–H groups in total. The Kier molecular flexibility index (Phi) is 6.00. The third-order valence-electron chi connectivity index (χ3n) is 5.54. The number of aromatic nitrogens is 2. The Bertz CT molecular complexity index is 1310. The van der Waals surface area contributed by atoms with E-state index < -0.39 is 0 Å². The lowest BCUT2D eigenvalue weighted by atomic mass is 9.99. The van der Waals surface area contributed by atoms with Gasteiger partial charge in [0.1, 0.15) is 11.4 Å². The van der Waals surface area contributed by atoms with Crippen molar-refractivity contribution < 1.29 is 4.79 Å². The predicted molar refractivity (Wildman–Crippen MR) is 127 cm³/mol. The summed E-state index contributed by atoms with van der Waals surface area (Å²) in [6.07, 6.45) is 2.22. The van der Waals surface area contributed by atoms with E-state index in [4.69, 9.17) is 0 Å². The molecule has 2 aromatic carbocycles. The number of carbonyl (C=O) groups is 1. The fourth-order valence-corrected chi connectivity index (χ4v) is 4.70. The van der Waals surface area contributed by atoms with Gasteiger partial charge in [-0.15, -0.1) is 11.3 Å². The minimum atomic E-state index is -0.195. The van der Waals surface area contributed by atoms with Crippen molar-refractivity contribution in [2.75, 3.05) is 6.54 Å². The summed E-state index contributed by atoms with van der Waals surface area (Å²) in [5, 5.41) is 3.48. The van der Waals surface area contributed by atoms with E-state index in [0.29, 0.717) is 16.8 Å². The van der Waals surface area contributed by atoms with Crippen LogP contribution in [-0.4, -0.2) is 22.0 Å². The van der Waals surface area contributed by atoms with E-state index >= 15 is 0 Å². The molecule has 2 heterocycles. The lowest BCUT2D eigenvalue weighted by Gasteiger charge is -2.09. The van der Waals surface area contributed by atoms with Crippen molar-refractivity contribution in [1.29, 1.82) is 0 Å². The van der Waals surface area contributed by atoms with Gasteiger partial charge in [0.25, 0.3) is 5.56 Å². The molecule has 1 amide bonds. The minimum Gasteiger partial charge on any atom is -0.354 e. The van der Waals surface area contributed by atoms with Crippen LogP contribution in [0.4, 0.5) is 0 Å². The molecule has 0 fully saturated rings. The van der Waals surface area contributed by atoms with Gasteiger partial charge in [0, 0.05) is 17.0 Å². The first kappa shape index (κ1) is 21.0. The molecule has 4 aromatic rings. The minimum absolute atomic E-state index is 0.0438. The Labute approximate surface area is 185 Å². The van der Waals surface area contributed by atoms with Gasteiger partial charge in [0.05, 0.1) is 11.7 Å². The molecule has 0 radical (unpaired) electrons. The monoisotopic (exact) mass is 431 g/mol. The van der Waals surface area contributed by atoms with Gasteiger partial charge >= 0.3 is 0 Å². The van der Waals surface area contributed by atoms with E-state index in [0.717, 1.165) is 28.0 Å². The molecule has 4 rings (SSSR count). The molecule has 0 bridgehead atoms. The first-order valence-corrected chi connectivity index (χ1v) is 11.1. The lowest BCUT2D eigenvalue weighted by molar-refractivity contribution is -0.121. The van der Waals surface area contributed by atoms with Crippen LogP contribution < -0.4 is 10.9 Å². The Balaban J connectivity index is 1.58. The molecule has 0 aliphatic heterocycles. The molecular formula is C25H25N3O2S. The summed E-state index contributed by atoms with van der Waals surface area (Å²) in [6.45, 7) is 6.63. The van der Waals surface area contributed by atoms with Crippen molar-refractivity contribution in [3.63, 3.8) is 0 Å². The van der Waals surface area contributed by atoms with Crippen molar-refractivity contribution in [1.82, 2.24) is 14.9 Å². The molecule has 0 spiro atoms. The molecule has 0 saturated heterocycles. The van der Waals surface area contributed by atoms with Crippen molar-refractivity contribution in [2.45, 2.75) is 33.7 Å². The van der Waals surface area contributed by atoms with Crippen LogP contribution in [0.2, 0.25) is 0 Å². The van der Waals surface area contributed by atoms with Crippen LogP contribution in [0.3, 0.4) is 0 Å². The van der Waals surface area contributed by atoms with E-state index in [1.54, 1.807) is 0 Å². The average molecular weight is 432 g/mol. The standard InChI is InChI=1S/C25H25N3O2S/c1-16-9-10-20(13-17(16)2)22-18(3)31-24-23(22)25(30)28(15-27-24)14-21(29)26-12-11-19-7-5-4-6-8-19/h4-10,13,15H,11-12,14H2,1-3H3,(H,26,29). The van der Waals surface area contributed by atoms with Crippen molar-refractivity contribution in [3.8, 4) is 11.1 Å². The van der Waals surface area contributed by atoms with Crippen molar-refractivity contribution in [2.24, 2.45) is 0 Å². The van der Waals surface area contributed by atoms with Crippen LogP contribution in [0.5, 0.6) is 0 Å². The maximum Gasteiger partial charge on any atom is 0.263 e. The number of benzene rings is 2. The zero-order valence-electron chi connectivity index (χ0n) is 17.9. The SMILES string of the molecule is Cc1ccc(-c2c(C)sc3ncn(CC(=O)NCCc4ccccc4)c(=O)c23)cc1C. The number of thiophene rings is 1. The van der Waals surface area contributed by atoms with E-state index in [9.17, 15) is 9.59 Å². The van der Waals surface area contributed by atoms with Crippen LogP contribution in [0, 0.1) is 20.8 Å². The van der Waals surface area contributed by atoms with Gasteiger partial charge in [-0.3, -0.25) is 14.2 Å². The van der Waals surface area contributed by atoms with Gasteiger partial charge in [-0.2, -0.15) is 0 Å². The molecule has 31 heavy (non-hydrogen) atoms. The maximum atomic E-state index is 13.3. The number of fused-ring (bicyclic) bond motifs is 1. The second-order valence-corrected chi connectivity index (χ2v) is 8.98. The molecule has 0 atom stereocenters. The van der Waals surface area contributed by atoms with Gasteiger partial charge in [-0.25, -0.2) is 4.98 Å². The number of rotatable bonds is 6. The summed E-state index contributed by atoms with van der Waals surface area (Å²) in [5.74, 6) is -0.195. The van der Waals surface area contributed by atoms with Crippen LogP contribution in [0.15, 0.2) is 59.7 Å². The Morgan fingerprint density at radius 3 is 2.58 bits per heavy atom. The highest BCUT2D eigenvalue weighted by molar-refractivity contribution is 7.19. The summed E-state index contributed by atoms with van der Waals surface area (Å²) in [7, 11) is 0. The Hall–Kier alpha value is -3.25. The summed E-state index contributed by atoms with van der Waals surface area (Å²) in [6, 6.07) is 16.2. The molecule has 0 saturated carbocycles. The van der Waals surface area contributed by atoms with E-state index in [1.807, 2.05) is 43.3 Å². The second-order valence-electron chi connectivity index (χ2n) is 7.78.